The summed E-state index contributed by atoms with van der Waals surface area (Å²) in [6.45, 7) is 2.69. The van der Waals surface area contributed by atoms with Gasteiger partial charge in [-0.15, -0.1) is 5.10 Å². The number of imidazole rings is 1. The molecule has 0 radical (unpaired) electrons. The maximum atomic E-state index is 5.70. The molecule has 15 heavy (non-hydrogen) atoms. The summed E-state index contributed by atoms with van der Waals surface area (Å²) >= 11 is 0. The molecule has 2 rings (SSSR count). The molecule has 6 nitrogen and oxygen atoms in total. The standard InChI is InChI=1S/C9H14N6/c1-3-8-9(10)12-13-15(8)5-7-4-11-6-14(7)2/h4,6H,3,5,10H2,1-2H3. The van der Waals surface area contributed by atoms with Gasteiger partial charge in [-0.25, -0.2) is 9.67 Å². The molecular weight excluding hydrogens is 192 g/mol. The van der Waals surface area contributed by atoms with Gasteiger partial charge in [-0.05, 0) is 6.42 Å². The third-order valence-electron chi connectivity index (χ3n) is 2.43. The molecule has 6 heteroatoms. The van der Waals surface area contributed by atoms with Gasteiger partial charge in [-0.2, -0.15) is 0 Å². The molecule has 0 aliphatic rings. The van der Waals surface area contributed by atoms with Gasteiger partial charge >= 0.3 is 0 Å². The molecule has 0 aromatic carbocycles. The minimum atomic E-state index is 0.514. The van der Waals surface area contributed by atoms with Gasteiger partial charge in [0.2, 0.25) is 0 Å². The van der Waals surface area contributed by atoms with Gasteiger partial charge in [0.05, 0.1) is 30.5 Å². The van der Waals surface area contributed by atoms with Crippen molar-refractivity contribution in [1.82, 2.24) is 24.5 Å². The lowest BCUT2D eigenvalue weighted by molar-refractivity contribution is 0.597. The minimum Gasteiger partial charge on any atom is -0.381 e. The van der Waals surface area contributed by atoms with Gasteiger partial charge in [-0.1, -0.05) is 12.1 Å². The van der Waals surface area contributed by atoms with E-state index >= 15 is 0 Å². The second kappa shape index (κ2) is 3.72. The van der Waals surface area contributed by atoms with E-state index in [0.717, 1.165) is 17.8 Å². The summed E-state index contributed by atoms with van der Waals surface area (Å²) in [5, 5.41) is 7.86. The zero-order valence-corrected chi connectivity index (χ0v) is 8.88. The van der Waals surface area contributed by atoms with E-state index < -0.39 is 0 Å². The maximum absolute atomic E-state index is 5.70. The fraction of sp³-hybridized carbons (Fsp3) is 0.444. The van der Waals surface area contributed by atoms with E-state index in [4.69, 9.17) is 5.73 Å². The van der Waals surface area contributed by atoms with E-state index in [9.17, 15) is 0 Å². The van der Waals surface area contributed by atoms with E-state index in [1.807, 2.05) is 29.4 Å². The number of nitrogens with zero attached hydrogens (tertiary/aromatic N) is 5. The van der Waals surface area contributed by atoms with Gasteiger partial charge < -0.3 is 10.3 Å². The van der Waals surface area contributed by atoms with Gasteiger partial charge in [0.1, 0.15) is 0 Å². The molecule has 0 saturated heterocycles. The highest BCUT2D eigenvalue weighted by atomic mass is 15.4. The Labute approximate surface area is 87.7 Å². The van der Waals surface area contributed by atoms with E-state index in [1.54, 1.807) is 6.33 Å². The van der Waals surface area contributed by atoms with Crippen molar-refractivity contribution in [2.24, 2.45) is 7.05 Å². The Morgan fingerprint density at radius 1 is 1.47 bits per heavy atom. The number of anilines is 1. The maximum Gasteiger partial charge on any atom is 0.169 e. The summed E-state index contributed by atoms with van der Waals surface area (Å²) in [7, 11) is 1.95. The lowest BCUT2D eigenvalue weighted by atomic mass is 10.3. The molecule has 0 aliphatic carbocycles. The molecule has 2 aromatic heterocycles. The van der Waals surface area contributed by atoms with Crippen LogP contribution in [-0.2, 0) is 20.0 Å². The smallest absolute Gasteiger partial charge is 0.169 e. The molecule has 0 unspecified atom stereocenters. The van der Waals surface area contributed by atoms with Crippen molar-refractivity contribution in [3.63, 3.8) is 0 Å². The molecule has 2 heterocycles. The van der Waals surface area contributed by atoms with Crippen LogP contribution < -0.4 is 5.73 Å². The fourth-order valence-corrected chi connectivity index (χ4v) is 1.53. The van der Waals surface area contributed by atoms with Crippen LogP contribution in [0.4, 0.5) is 5.82 Å². The quantitative estimate of drug-likeness (QED) is 0.778. The van der Waals surface area contributed by atoms with Crippen molar-refractivity contribution in [1.29, 1.82) is 0 Å². The first-order valence-corrected chi connectivity index (χ1v) is 4.85. The molecule has 2 aromatic rings. The van der Waals surface area contributed by atoms with Crippen molar-refractivity contribution in [2.75, 3.05) is 5.73 Å². The molecule has 0 bridgehead atoms. The molecule has 2 N–H and O–H groups in total. The highest BCUT2D eigenvalue weighted by Crippen LogP contribution is 2.10. The van der Waals surface area contributed by atoms with Crippen molar-refractivity contribution in [3.05, 3.63) is 23.9 Å². The number of nitrogen functional groups attached to an aromatic ring is 1. The van der Waals surface area contributed by atoms with Crippen molar-refractivity contribution >= 4 is 5.82 Å². The van der Waals surface area contributed by atoms with Gasteiger partial charge in [0.25, 0.3) is 0 Å². The average Bonchev–Trinajstić information content (AvgIpc) is 2.76. The minimum absolute atomic E-state index is 0.514. The number of aryl methyl sites for hydroxylation is 1. The zero-order valence-electron chi connectivity index (χ0n) is 8.88. The predicted octanol–water partition coefficient (Wildman–Crippen LogP) is 0.204. The van der Waals surface area contributed by atoms with Gasteiger partial charge in [-0.3, -0.25) is 0 Å². The Balaban J connectivity index is 2.28. The fourth-order valence-electron chi connectivity index (χ4n) is 1.53. The second-order valence-corrected chi connectivity index (χ2v) is 3.43. The summed E-state index contributed by atoms with van der Waals surface area (Å²) in [4.78, 5) is 4.05. The third-order valence-corrected chi connectivity index (χ3v) is 2.43. The summed E-state index contributed by atoms with van der Waals surface area (Å²) < 4.78 is 3.77. The normalized spacial score (nSPS) is 10.8. The topological polar surface area (TPSA) is 74.6 Å². The second-order valence-electron chi connectivity index (χ2n) is 3.43. The first-order valence-electron chi connectivity index (χ1n) is 4.85. The highest BCUT2D eigenvalue weighted by Gasteiger charge is 2.09. The summed E-state index contributed by atoms with van der Waals surface area (Å²) in [5.74, 6) is 0.514. The lowest BCUT2D eigenvalue weighted by Gasteiger charge is -2.05. The molecule has 80 valence electrons. The molecule has 0 atom stereocenters. The Bertz CT molecular complexity index is 455. The summed E-state index contributed by atoms with van der Waals surface area (Å²) in [5.41, 5.74) is 7.75. The average molecular weight is 206 g/mol. The van der Waals surface area contributed by atoms with Crippen molar-refractivity contribution in [2.45, 2.75) is 19.9 Å². The van der Waals surface area contributed by atoms with Crippen molar-refractivity contribution in [3.8, 4) is 0 Å². The molecule has 0 amide bonds. The van der Waals surface area contributed by atoms with Crippen LogP contribution in [0.5, 0.6) is 0 Å². The van der Waals surface area contributed by atoms with E-state index in [1.165, 1.54) is 0 Å². The van der Waals surface area contributed by atoms with E-state index in [0.29, 0.717) is 12.4 Å². The van der Waals surface area contributed by atoms with Crippen molar-refractivity contribution < 1.29 is 0 Å². The Kier molecular flexibility index (Phi) is 2.40. The highest BCUT2D eigenvalue weighted by molar-refractivity contribution is 5.32. The van der Waals surface area contributed by atoms with E-state index in [2.05, 4.69) is 15.3 Å². The predicted molar refractivity (Wildman–Crippen MR) is 56.1 cm³/mol. The van der Waals surface area contributed by atoms with Crippen LogP contribution in [0.25, 0.3) is 0 Å². The van der Waals surface area contributed by atoms with Crippen LogP contribution in [0.15, 0.2) is 12.5 Å². The number of hydrogen-bond donors (Lipinski definition) is 1. The van der Waals surface area contributed by atoms with Crippen LogP contribution in [0.3, 0.4) is 0 Å². The summed E-state index contributed by atoms with van der Waals surface area (Å²) in [6, 6.07) is 0. The monoisotopic (exact) mass is 206 g/mol. The number of hydrogen-bond acceptors (Lipinski definition) is 4. The van der Waals surface area contributed by atoms with E-state index in [-0.39, 0.29) is 0 Å². The lowest BCUT2D eigenvalue weighted by Crippen LogP contribution is -2.09. The van der Waals surface area contributed by atoms with Crippen LogP contribution in [0, 0.1) is 0 Å². The molecule has 0 spiro atoms. The van der Waals surface area contributed by atoms with Crippen LogP contribution in [0.2, 0.25) is 0 Å². The van der Waals surface area contributed by atoms with Crippen LogP contribution >= 0.6 is 0 Å². The third kappa shape index (κ3) is 1.70. The molecule has 0 aliphatic heterocycles. The largest absolute Gasteiger partial charge is 0.381 e. The zero-order chi connectivity index (χ0) is 10.8. The molecule has 0 saturated carbocycles. The first-order chi connectivity index (χ1) is 7.22. The number of nitrogens with two attached hydrogens (primary N) is 1. The number of rotatable bonds is 3. The first kappa shape index (κ1) is 9.70. The van der Waals surface area contributed by atoms with Gasteiger partial charge in [0.15, 0.2) is 5.82 Å². The Hall–Kier alpha value is -1.85. The van der Waals surface area contributed by atoms with Crippen LogP contribution in [0.1, 0.15) is 18.3 Å². The number of aromatic nitrogens is 5. The molecular formula is C9H14N6. The summed E-state index contributed by atoms with van der Waals surface area (Å²) in [6.07, 6.45) is 4.41. The molecule has 0 fully saturated rings. The SMILES string of the molecule is CCc1c(N)nnn1Cc1cncn1C. The Morgan fingerprint density at radius 3 is 2.87 bits per heavy atom. The van der Waals surface area contributed by atoms with Gasteiger partial charge in [0, 0.05) is 7.05 Å². The van der Waals surface area contributed by atoms with Crippen LogP contribution in [-0.4, -0.2) is 24.5 Å². The Morgan fingerprint density at radius 2 is 2.27 bits per heavy atom.